The van der Waals surface area contributed by atoms with E-state index < -0.39 is 0 Å². The molecule has 0 spiro atoms. The summed E-state index contributed by atoms with van der Waals surface area (Å²) in [4.78, 5) is 12.0. The molecule has 1 aliphatic carbocycles. The quantitative estimate of drug-likeness (QED) is 0.876. The van der Waals surface area contributed by atoms with Gasteiger partial charge in [-0.1, -0.05) is 37.5 Å². The summed E-state index contributed by atoms with van der Waals surface area (Å²) in [5, 5.41) is 2.86. The standard InChI is InChI=1S/C17H26N2O2/c1-13-5-7-15(8-6-13)19-16(20)11-21-17(12-18)9-3-4-14(2)10-17/h5-8,14H,3-4,9-12,18H2,1-2H3,(H,19,20). The lowest BCUT2D eigenvalue weighted by atomic mass is 9.79. The smallest absolute Gasteiger partial charge is 0.250 e. The Kier molecular flexibility index (Phi) is 5.37. The number of nitrogens with two attached hydrogens (primary N) is 1. The number of hydrogen-bond donors (Lipinski definition) is 2. The normalized spacial score (nSPS) is 25.6. The lowest BCUT2D eigenvalue weighted by molar-refractivity contribution is -0.131. The van der Waals surface area contributed by atoms with Crippen molar-refractivity contribution in [1.29, 1.82) is 0 Å². The van der Waals surface area contributed by atoms with E-state index >= 15 is 0 Å². The van der Waals surface area contributed by atoms with Crippen LogP contribution in [0.5, 0.6) is 0 Å². The Morgan fingerprint density at radius 3 is 2.76 bits per heavy atom. The van der Waals surface area contributed by atoms with E-state index in [2.05, 4.69) is 12.2 Å². The van der Waals surface area contributed by atoms with Crippen LogP contribution < -0.4 is 11.1 Å². The molecule has 1 fully saturated rings. The van der Waals surface area contributed by atoms with E-state index in [1.165, 1.54) is 12.0 Å². The number of anilines is 1. The molecule has 2 unspecified atom stereocenters. The van der Waals surface area contributed by atoms with Gasteiger partial charge in [0.25, 0.3) is 0 Å². The van der Waals surface area contributed by atoms with Crippen molar-refractivity contribution in [3.8, 4) is 0 Å². The molecule has 3 N–H and O–H groups in total. The molecule has 0 aliphatic heterocycles. The minimum absolute atomic E-state index is 0.0673. The monoisotopic (exact) mass is 290 g/mol. The lowest BCUT2D eigenvalue weighted by Gasteiger charge is -2.38. The highest BCUT2D eigenvalue weighted by molar-refractivity contribution is 5.91. The first kappa shape index (κ1) is 16.0. The van der Waals surface area contributed by atoms with Crippen molar-refractivity contribution in [2.75, 3.05) is 18.5 Å². The van der Waals surface area contributed by atoms with Gasteiger partial charge in [0.15, 0.2) is 0 Å². The first-order valence-electron chi connectivity index (χ1n) is 7.73. The average molecular weight is 290 g/mol. The third-order valence-electron chi connectivity index (χ3n) is 4.27. The summed E-state index contributed by atoms with van der Waals surface area (Å²) in [6, 6.07) is 7.74. The van der Waals surface area contributed by atoms with Crippen LogP contribution in [0.25, 0.3) is 0 Å². The fraction of sp³-hybridized carbons (Fsp3) is 0.588. The highest BCUT2D eigenvalue weighted by Crippen LogP contribution is 2.34. The molecule has 4 heteroatoms. The Morgan fingerprint density at radius 2 is 2.14 bits per heavy atom. The van der Waals surface area contributed by atoms with E-state index in [9.17, 15) is 4.79 Å². The Balaban J connectivity index is 1.86. The van der Waals surface area contributed by atoms with E-state index in [1.807, 2.05) is 31.2 Å². The summed E-state index contributed by atoms with van der Waals surface area (Å²) in [5.41, 5.74) is 7.55. The van der Waals surface area contributed by atoms with Gasteiger partial charge in [-0.25, -0.2) is 0 Å². The number of nitrogens with one attached hydrogen (secondary N) is 1. The van der Waals surface area contributed by atoms with Gasteiger partial charge >= 0.3 is 0 Å². The third kappa shape index (κ3) is 4.55. The van der Waals surface area contributed by atoms with Crippen LogP contribution in [0, 0.1) is 12.8 Å². The van der Waals surface area contributed by atoms with Gasteiger partial charge in [0.1, 0.15) is 6.61 Å². The van der Waals surface area contributed by atoms with Gasteiger partial charge in [-0.3, -0.25) is 4.79 Å². The predicted octanol–water partition coefficient (Wildman–Crippen LogP) is 2.86. The minimum atomic E-state index is -0.317. The molecule has 0 heterocycles. The summed E-state index contributed by atoms with van der Waals surface area (Å²) in [7, 11) is 0. The second kappa shape index (κ2) is 7.05. The third-order valence-corrected chi connectivity index (χ3v) is 4.27. The summed E-state index contributed by atoms with van der Waals surface area (Å²) >= 11 is 0. The van der Waals surface area contributed by atoms with Gasteiger partial charge in [-0.2, -0.15) is 0 Å². The van der Waals surface area contributed by atoms with Crippen LogP contribution in [0.2, 0.25) is 0 Å². The first-order chi connectivity index (χ1) is 10.0. The van der Waals surface area contributed by atoms with E-state index in [0.717, 1.165) is 24.9 Å². The molecule has 0 bridgehead atoms. The Hall–Kier alpha value is -1.39. The molecule has 2 rings (SSSR count). The molecule has 0 saturated heterocycles. The molecular weight excluding hydrogens is 264 g/mol. The van der Waals surface area contributed by atoms with Crippen molar-refractivity contribution in [3.63, 3.8) is 0 Å². The molecule has 4 nitrogen and oxygen atoms in total. The summed E-state index contributed by atoms with van der Waals surface area (Å²) in [6.07, 6.45) is 4.24. The number of ether oxygens (including phenoxy) is 1. The van der Waals surface area contributed by atoms with Crippen LogP contribution in [-0.4, -0.2) is 24.7 Å². The highest BCUT2D eigenvalue weighted by Gasteiger charge is 2.35. The zero-order valence-corrected chi connectivity index (χ0v) is 13.0. The molecule has 1 aromatic rings. The minimum Gasteiger partial charge on any atom is -0.364 e. The van der Waals surface area contributed by atoms with Crippen molar-refractivity contribution in [2.45, 2.75) is 45.1 Å². The summed E-state index contributed by atoms with van der Waals surface area (Å²) in [6.45, 7) is 4.79. The zero-order valence-electron chi connectivity index (χ0n) is 13.0. The maximum Gasteiger partial charge on any atom is 0.250 e. The molecule has 1 amide bonds. The van der Waals surface area contributed by atoms with Gasteiger partial charge < -0.3 is 15.8 Å². The van der Waals surface area contributed by atoms with E-state index in [1.54, 1.807) is 0 Å². The summed E-state index contributed by atoms with van der Waals surface area (Å²) in [5.74, 6) is 0.493. The molecule has 116 valence electrons. The number of rotatable bonds is 5. The maximum atomic E-state index is 12.0. The Labute approximate surface area is 127 Å². The topological polar surface area (TPSA) is 64.3 Å². The molecule has 21 heavy (non-hydrogen) atoms. The van der Waals surface area contributed by atoms with Crippen molar-refractivity contribution >= 4 is 11.6 Å². The van der Waals surface area contributed by atoms with Crippen LogP contribution in [0.3, 0.4) is 0 Å². The number of amides is 1. The van der Waals surface area contributed by atoms with Crippen molar-refractivity contribution in [3.05, 3.63) is 29.8 Å². The van der Waals surface area contributed by atoms with Crippen LogP contribution in [-0.2, 0) is 9.53 Å². The highest BCUT2D eigenvalue weighted by atomic mass is 16.5. The van der Waals surface area contributed by atoms with Crippen LogP contribution in [0.15, 0.2) is 24.3 Å². The van der Waals surface area contributed by atoms with Crippen molar-refractivity contribution in [2.24, 2.45) is 11.7 Å². The van der Waals surface area contributed by atoms with Crippen molar-refractivity contribution < 1.29 is 9.53 Å². The molecule has 2 atom stereocenters. The number of carbonyl (C=O) groups is 1. The number of carbonyl (C=O) groups excluding carboxylic acids is 1. The number of aryl methyl sites for hydroxylation is 1. The van der Waals surface area contributed by atoms with Gasteiger partial charge in [0, 0.05) is 12.2 Å². The van der Waals surface area contributed by atoms with Crippen molar-refractivity contribution in [1.82, 2.24) is 0 Å². The average Bonchev–Trinajstić information content (AvgIpc) is 2.48. The van der Waals surface area contributed by atoms with Gasteiger partial charge in [0.05, 0.1) is 5.60 Å². The number of benzene rings is 1. The Morgan fingerprint density at radius 1 is 1.43 bits per heavy atom. The van der Waals surface area contributed by atoms with Crippen LogP contribution >= 0.6 is 0 Å². The van der Waals surface area contributed by atoms with E-state index in [0.29, 0.717) is 12.5 Å². The fourth-order valence-corrected chi connectivity index (χ4v) is 3.04. The molecule has 0 radical (unpaired) electrons. The molecule has 0 aromatic heterocycles. The van der Waals surface area contributed by atoms with Gasteiger partial charge in [0.2, 0.25) is 5.91 Å². The Bertz CT molecular complexity index is 472. The zero-order chi connectivity index (χ0) is 15.3. The second-order valence-corrected chi connectivity index (χ2v) is 6.29. The van der Waals surface area contributed by atoms with Gasteiger partial charge in [-0.05, 0) is 37.8 Å². The lowest BCUT2D eigenvalue weighted by Crippen LogP contribution is -2.46. The van der Waals surface area contributed by atoms with Gasteiger partial charge in [-0.15, -0.1) is 0 Å². The second-order valence-electron chi connectivity index (χ2n) is 6.29. The molecule has 1 saturated carbocycles. The van der Waals surface area contributed by atoms with E-state index in [-0.39, 0.29) is 18.1 Å². The number of hydrogen-bond acceptors (Lipinski definition) is 3. The maximum absolute atomic E-state index is 12.0. The molecular formula is C17H26N2O2. The van der Waals surface area contributed by atoms with E-state index in [4.69, 9.17) is 10.5 Å². The summed E-state index contributed by atoms with van der Waals surface area (Å²) < 4.78 is 5.91. The fourth-order valence-electron chi connectivity index (χ4n) is 3.04. The molecule has 1 aliphatic rings. The first-order valence-corrected chi connectivity index (χ1v) is 7.73. The largest absolute Gasteiger partial charge is 0.364 e. The SMILES string of the molecule is Cc1ccc(NC(=O)COC2(CN)CCCC(C)C2)cc1. The van der Waals surface area contributed by atoms with Crippen LogP contribution in [0.1, 0.15) is 38.2 Å². The van der Waals surface area contributed by atoms with Crippen LogP contribution in [0.4, 0.5) is 5.69 Å². The predicted molar refractivity (Wildman–Crippen MR) is 85.2 cm³/mol. The molecule has 1 aromatic carbocycles.